The van der Waals surface area contributed by atoms with Gasteiger partial charge in [-0.05, 0) is 24.0 Å². The lowest BCUT2D eigenvalue weighted by Gasteiger charge is -2.18. The second-order valence-corrected chi connectivity index (χ2v) is 5.34. The molecule has 21 heavy (non-hydrogen) atoms. The molecule has 1 aromatic carbocycles. The lowest BCUT2D eigenvalue weighted by atomic mass is 10.0. The van der Waals surface area contributed by atoms with E-state index in [4.69, 9.17) is 0 Å². The monoisotopic (exact) mass is 285 g/mol. The summed E-state index contributed by atoms with van der Waals surface area (Å²) in [6.07, 6.45) is 7.00. The van der Waals surface area contributed by atoms with E-state index >= 15 is 0 Å². The Bertz CT molecular complexity index is 562. The van der Waals surface area contributed by atoms with E-state index < -0.39 is 0 Å². The van der Waals surface area contributed by atoms with Crippen molar-refractivity contribution in [2.45, 2.75) is 38.6 Å². The quantitative estimate of drug-likeness (QED) is 0.850. The van der Waals surface area contributed by atoms with E-state index in [0.29, 0.717) is 6.42 Å². The van der Waals surface area contributed by atoms with Gasteiger partial charge in [-0.3, -0.25) is 9.48 Å². The first-order valence-corrected chi connectivity index (χ1v) is 7.51. The minimum atomic E-state index is 0.0983. The average Bonchev–Trinajstić information content (AvgIpc) is 2.91. The number of carbonyl (C=O) groups excluding carboxylic acids is 1. The Hall–Kier alpha value is -2.10. The topological polar surface area (TPSA) is 46.9 Å². The number of benzene rings is 1. The Morgan fingerprint density at radius 3 is 2.71 bits per heavy atom. The summed E-state index contributed by atoms with van der Waals surface area (Å²) in [7, 11) is 1.89. The summed E-state index contributed by atoms with van der Waals surface area (Å²) in [6, 6.07) is 10.3. The van der Waals surface area contributed by atoms with Gasteiger partial charge in [0, 0.05) is 19.7 Å². The van der Waals surface area contributed by atoms with Crippen LogP contribution >= 0.6 is 0 Å². The molecule has 0 saturated heterocycles. The Morgan fingerprint density at radius 2 is 2.10 bits per heavy atom. The summed E-state index contributed by atoms with van der Waals surface area (Å²) < 4.78 is 1.76. The van der Waals surface area contributed by atoms with Gasteiger partial charge in [-0.25, -0.2) is 0 Å². The van der Waals surface area contributed by atoms with E-state index in [1.807, 2.05) is 37.6 Å². The number of aromatic nitrogens is 2. The largest absolute Gasteiger partial charge is 0.349 e. The predicted octanol–water partition coefficient (Wildman–Crippen LogP) is 3.01. The summed E-state index contributed by atoms with van der Waals surface area (Å²) in [5, 5.41) is 7.26. The number of rotatable bonds is 7. The molecule has 1 N–H and O–H groups in total. The third kappa shape index (κ3) is 4.74. The van der Waals surface area contributed by atoms with Crippen molar-refractivity contribution in [2.24, 2.45) is 7.05 Å². The standard InChI is InChI=1S/C17H23N3O/c1-3-7-16(15-8-5-4-6-9-15)19-17(21)11-10-14-12-18-20(2)13-14/h4-6,8-9,12-13,16H,3,7,10-11H2,1-2H3,(H,19,21)/t16-/m1/s1. The van der Waals surface area contributed by atoms with Gasteiger partial charge >= 0.3 is 0 Å². The minimum absolute atomic E-state index is 0.0983. The summed E-state index contributed by atoms with van der Waals surface area (Å²) in [4.78, 5) is 12.1. The molecule has 1 amide bonds. The van der Waals surface area contributed by atoms with Crippen molar-refractivity contribution >= 4 is 5.91 Å². The highest BCUT2D eigenvalue weighted by molar-refractivity contribution is 5.76. The van der Waals surface area contributed by atoms with Crippen LogP contribution in [0.2, 0.25) is 0 Å². The van der Waals surface area contributed by atoms with Crippen molar-refractivity contribution in [3.8, 4) is 0 Å². The molecule has 1 atom stereocenters. The van der Waals surface area contributed by atoms with Crippen LogP contribution in [0.1, 0.15) is 43.4 Å². The predicted molar refractivity (Wildman–Crippen MR) is 83.8 cm³/mol. The summed E-state index contributed by atoms with van der Waals surface area (Å²) in [6.45, 7) is 2.14. The fourth-order valence-electron chi connectivity index (χ4n) is 2.42. The molecule has 1 aromatic heterocycles. The molecule has 2 aromatic rings. The summed E-state index contributed by atoms with van der Waals surface area (Å²) >= 11 is 0. The van der Waals surface area contributed by atoms with Crippen molar-refractivity contribution in [2.75, 3.05) is 0 Å². The second-order valence-electron chi connectivity index (χ2n) is 5.34. The number of hydrogen-bond acceptors (Lipinski definition) is 2. The Labute approximate surface area is 126 Å². The van der Waals surface area contributed by atoms with E-state index in [2.05, 4.69) is 29.5 Å². The number of amides is 1. The van der Waals surface area contributed by atoms with Gasteiger partial charge < -0.3 is 5.32 Å². The molecule has 0 aliphatic carbocycles. The number of nitrogens with one attached hydrogen (secondary N) is 1. The third-order valence-electron chi connectivity index (χ3n) is 3.51. The van der Waals surface area contributed by atoms with E-state index in [1.54, 1.807) is 4.68 Å². The average molecular weight is 285 g/mol. The Kier molecular flexibility index (Phi) is 5.55. The maximum absolute atomic E-state index is 12.1. The van der Waals surface area contributed by atoms with Crippen LogP contribution in [0.15, 0.2) is 42.7 Å². The van der Waals surface area contributed by atoms with Crippen LogP contribution in [0.4, 0.5) is 0 Å². The van der Waals surface area contributed by atoms with Crippen LogP contribution in [-0.2, 0) is 18.3 Å². The highest BCUT2D eigenvalue weighted by atomic mass is 16.1. The molecule has 0 saturated carbocycles. The van der Waals surface area contributed by atoms with Crippen molar-refractivity contribution in [3.05, 3.63) is 53.9 Å². The van der Waals surface area contributed by atoms with Crippen molar-refractivity contribution in [1.29, 1.82) is 0 Å². The molecule has 0 aliphatic heterocycles. The van der Waals surface area contributed by atoms with Crippen molar-refractivity contribution < 1.29 is 4.79 Å². The van der Waals surface area contributed by atoms with Gasteiger partial charge in [0.15, 0.2) is 0 Å². The minimum Gasteiger partial charge on any atom is -0.349 e. The van der Waals surface area contributed by atoms with Crippen LogP contribution < -0.4 is 5.32 Å². The molecule has 0 bridgehead atoms. The molecule has 0 spiro atoms. The van der Waals surface area contributed by atoms with E-state index in [-0.39, 0.29) is 11.9 Å². The van der Waals surface area contributed by atoms with Gasteiger partial charge in [0.05, 0.1) is 12.2 Å². The Balaban J connectivity index is 1.89. The molecule has 112 valence electrons. The fraction of sp³-hybridized carbons (Fsp3) is 0.412. The first kappa shape index (κ1) is 15.3. The summed E-state index contributed by atoms with van der Waals surface area (Å²) in [5.74, 6) is 0.0983. The fourth-order valence-corrected chi connectivity index (χ4v) is 2.42. The molecule has 0 radical (unpaired) electrons. The Morgan fingerprint density at radius 1 is 1.33 bits per heavy atom. The maximum atomic E-state index is 12.1. The van der Waals surface area contributed by atoms with E-state index in [1.165, 1.54) is 5.56 Å². The first-order chi connectivity index (χ1) is 10.2. The number of hydrogen-bond donors (Lipinski definition) is 1. The SMILES string of the molecule is CCC[C@@H](NC(=O)CCc1cnn(C)c1)c1ccccc1. The molecule has 0 unspecified atom stereocenters. The molecule has 2 rings (SSSR count). The van der Waals surface area contributed by atoms with Gasteiger partial charge in [-0.15, -0.1) is 0 Å². The van der Waals surface area contributed by atoms with Gasteiger partial charge in [-0.2, -0.15) is 5.10 Å². The summed E-state index contributed by atoms with van der Waals surface area (Å²) in [5.41, 5.74) is 2.27. The molecule has 4 nitrogen and oxygen atoms in total. The number of carbonyl (C=O) groups is 1. The zero-order valence-electron chi connectivity index (χ0n) is 12.7. The molecule has 0 aliphatic rings. The molecule has 4 heteroatoms. The zero-order valence-corrected chi connectivity index (χ0v) is 12.7. The number of nitrogens with zero attached hydrogens (tertiary/aromatic N) is 2. The smallest absolute Gasteiger partial charge is 0.220 e. The lowest BCUT2D eigenvalue weighted by molar-refractivity contribution is -0.121. The lowest BCUT2D eigenvalue weighted by Crippen LogP contribution is -2.28. The van der Waals surface area contributed by atoms with Crippen LogP contribution in [0.25, 0.3) is 0 Å². The van der Waals surface area contributed by atoms with Gasteiger partial charge in [0.1, 0.15) is 0 Å². The van der Waals surface area contributed by atoms with Crippen molar-refractivity contribution in [1.82, 2.24) is 15.1 Å². The maximum Gasteiger partial charge on any atom is 0.220 e. The van der Waals surface area contributed by atoms with E-state index in [9.17, 15) is 4.79 Å². The van der Waals surface area contributed by atoms with Crippen molar-refractivity contribution in [3.63, 3.8) is 0 Å². The van der Waals surface area contributed by atoms with Gasteiger partial charge in [0.2, 0.25) is 5.91 Å². The third-order valence-corrected chi connectivity index (χ3v) is 3.51. The van der Waals surface area contributed by atoms with Crippen LogP contribution in [-0.4, -0.2) is 15.7 Å². The van der Waals surface area contributed by atoms with Gasteiger partial charge in [-0.1, -0.05) is 43.7 Å². The first-order valence-electron chi connectivity index (χ1n) is 7.51. The normalized spacial score (nSPS) is 12.1. The zero-order chi connectivity index (χ0) is 15.1. The van der Waals surface area contributed by atoms with Gasteiger partial charge in [0.25, 0.3) is 0 Å². The van der Waals surface area contributed by atoms with E-state index in [0.717, 1.165) is 24.8 Å². The van der Waals surface area contributed by atoms with Crippen LogP contribution in [0.3, 0.4) is 0 Å². The molecule has 1 heterocycles. The van der Waals surface area contributed by atoms with Crippen LogP contribution in [0.5, 0.6) is 0 Å². The molecular weight excluding hydrogens is 262 g/mol. The highest BCUT2D eigenvalue weighted by Crippen LogP contribution is 2.18. The van der Waals surface area contributed by atoms with Crippen LogP contribution in [0, 0.1) is 0 Å². The second kappa shape index (κ2) is 7.62. The molecular formula is C17H23N3O. The molecule has 0 fully saturated rings. The highest BCUT2D eigenvalue weighted by Gasteiger charge is 2.13. The number of aryl methyl sites for hydroxylation is 2.